The van der Waals surface area contributed by atoms with Crippen molar-refractivity contribution in [2.24, 2.45) is 5.92 Å². The number of hydrogen-bond acceptors (Lipinski definition) is 2. The Balaban J connectivity index is 4.36. The SMILES string of the molecule is C#CCC(NC(=O)C(CC)CCCC)C(=O)O. The second-order valence-corrected chi connectivity index (χ2v) is 4.06. The molecule has 0 saturated carbocycles. The van der Waals surface area contributed by atoms with Crippen molar-refractivity contribution in [3.63, 3.8) is 0 Å². The van der Waals surface area contributed by atoms with Crippen molar-refractivity contribution < 1.29 is 14.7 Å². The van der Waals surface area contributed by atoms with E-state index in [0.29, 0.717) is 6.42 Å². The second kappa shape index (κ2) is 8.63. The molecule has 4 nitrogen and oxygen atoms in total. The van der Waals surface area contributed by atoms with Gasteiger partial charge in [-0.3, -0.25) is 4.79 Å². The van der Waals surface area contributed by atoms with Crippen LogP contribution in [0.4, 0.5) is 0 Å². The molecule has 0 aromatic rings. The van der Waals surface area contributed by atoms with E-state index in [1.807, 2.05) is 6.92 Å². The lowest BCUT2D eigenvalue weighted by Gasteiger charge is -2.17. The third-order valence-corrected chi connectivity index (χ3v) is 2.71. The monoisotopic (exact) mass is 239 g/mol. The summed E-state index contributed by atoms with van der Waals surface area (Å²) in [7, 11) is 0. The van der Waals surface area contributed by atoms with E-state index < -0.39 is 12.0 Å². The topological polar surface area (TPSA) is 66.4 Å². The lowest BCUT2D eigenvalue weighted by molar-refractivity contribution is -0.142. The molecule has 96 valence electrons. The number of unbranched alkanes of at least 4 members (excludes halogenated alkanes) is 1. The minimum atomic E-state index is -1.08. The van der Waals surface area contributed by atoms with Gasteiger partial charge >= 0.3 is 5.97 Å². The van der Waals surface area contributed by atoms with E-state index in [0.717, 1.165) is 19.3 Å². The van der Waals surface area contributed by atoms with Gasteiger partial charge in [0.25, 0.3) is 0 Å². The predicted octanol–water partition coefficient (Wildman–Crippen LogP) is 1.80. The molecule has 0 bridgehead atoms. The lowest BCUT2D eigenvalue weighted by Crippen LogP contribution is -2.43. The molecule has 0 aliphatic carbocycles. The van der Waals surface area contributed by atoms with E-state index in [-0.39, 0.29) is 18.2 Å². The Morgan fingerprint density at radius 2 is 2.06 bits per heavy atom. The largest absolute Gasteiger partial charge is 0.480 e. The number of carbonyl (C=O) groups excluding carboxylic acids is 1. The van der Waals surface area contributed by atoms with Crippen LogP contribution in [0.15, 0.2) is 0 Å². The Labute approximate surface area is 103 Å². The number of carboxylic acid groups (broad SMARTS) is 1. The number of nitrogens with one attached hydrogen (secondary N) is 1. The van der Waals surface area contributed by atoms with Gasteiger partial charge in [-0.1, -0.05) is 26.7 Å². The van der Waals surface area contributed by atoms with Crippen LogP contribution in [0, 0.1) is 18.3 Å². The van der Waals surface area contributed by atoms with Crippen molar-refractivity contribution in [2.75, 3.05) is 0 Å². The van der Waals surface area contributed by atoms with Crippen molar-refractivity contribution in [1.82, 2.24) is 5.32 Å². The molecule has 0 aliphatic heterocycles. The fourth-order valence-electron chi connectivity index (χ4n) is 1.58. The van der Waals surface area contributed by atoms with Crippen LogP contribution in [0.25, 0.3) is 0 Å². The first-order valence-corrected chi connectivity index (χ1v) is 6.03. The Bertz CT molecular complexity index is 294. The third kappa shape index (κ3) is 5.96. The molecular formula is C13H21NO3. The first-order chi connectivity index (χ1) is 8.06. The number of hydrogen-bond donors (Lipinski definition) is 2. The van der Waals surface area contributed by atoms with Crippen LogP contribution in [0.2, 0.25) is 0 Å². The quantitative estimate of drug-likeness (QED) is 0.635. The maximum atomic E-state index is 11.8. The summed E-state index contributed by atoms with van der Waals surface area (Å²) in [6.07, 6.45) is 8.59. The summed E-state index contributed by atoms with van der Waals surface area (Å²) in [5.41, 5.74) is 0. The van der Waals surface area contributed by atoms with E-state index in [1.165, 1.54) is 0 Å². The molecular weight excluding hydrogens is 218 g/mol. The molecule has 2 atom stereocenters. The van der Waals surface area contributed by atoms with Crippen molar-refractivity contribution in [1.29, 1.82) is 0 Å². The molecule has 0 aromatic carbocycles. The van der Waals surface area contributed by atoms with E-state index >= 15 is 0 Å². The molecule has 0 radical (unpaired) electrons. The molecule has 0 spiro atoms. The van der Waals surface area contributed by atoms with Crippen molar-refractivity contribution in [3.05, 3.63) is 0 Å². The fourth-order valence-corrected chi connectivity index (χ4v) is 1.58. The van der Waals surface area contributed by atoms with Gasteiger partial charge in [-0.2, -0.15) is 0 Å². The zero-order valence-electron chi connectivity index (χ0n) is 10.5. The van der Waals surface area contributed by atoms with Crippen molar-refractivity contribution in [2.45, 2.75) is 52.0 Å². The molecule has 0 rings (SSSR count). The van der Waals surface area contributed by atoms with Gasteiger partial charge in [0, 0.05) is 12.3 Å². The molecule has 2 N–H and O–H groups in total. The summed E-state index contributed by atoms with van der Waals surface area (Å²) in [4.78, 5) is 22.7. The Hall–Kier alpha value is -1.50. The van der Waals surface area contributed by atoms with Crippen LogP contribution in [0.5, 0.6) is 0 Å². The standard InChI is InChI=1S/C13H21NO3/c1-4-7-9-10(6-3)12(15)14-11(8-5-2)13(16)17/h2,10-11H,4,6-9H2,1,3H3,(H,14,15)(H,16,17). The van der Waals surface area contributed by atoms with Crippen LogP contribution >= 0.6 is 0 Å². The Morgan fingerprint density at radius 3 is 2.47 bits per heavy atom. The maximum absolute atomic E-state index is 11.8. The van der Waals surface area contributed by atoms with E-state index in [2.05, 4.69) is 18.2 Å². The number of carbonyl (C=O) groups is 2. The summed E-state index contributed by atoms with van der Waals surface area (Å²) in [6.45, 7) is 3.99. The summed E-state index contributed by atoms with van der Waals surface area (Å²) < 4.78 is 0. The molecule has 0 saturated heterocycles. The normalized spacial score (nSPS) is 13.5. The highest BCUT2D eigenvalue weighted by Crippen LogP contribution is 2.13. The summed E-state index contributed by atoms with van der Waals surface area (Å²) in [5, 5.41) is 11.4. The smallest absolute Gasteiger partial charge is 0.327 e. The average molecular weight is 239 g/mol. The molecule has 0 aromatic heterocycles. The predicted molar refractivity (Wildman–Crippen MR) is 66.3 cm³/mol. The van der Waals surface area contributed by atoms with Gasteiger partial charge in [0.1, 0.15) is 6.04 Å². The number of aliphatic carboxylic acids is 1. The third-order valence-electron chi connectivity index (χ3n) is 2.71. The number of amides is 1. The van der Waals surface area contributed by atoms with Gasteiger partial charge in [-0.15, -0.1) is 12.3 Å². The Kier molecular flexibility index (Phi) is 7.87. The number of carboxylic acids is 1. The lowest BCUT2D eigenvalue weighted by atomic mass is 9.98. The van der Waals surface area contributed by atoms with E-state index in [9.17, 15) is 9.59 Å². The van der Waals surface area contributed by atoms with Crippen LogP contribution in [0.3, 0.4) is 0 Å². The molecule has 0 heterocycles. The Morgan fingerprint density at radius 1 is 1.41 bits per heavy atom. The first-order valence-electron chi connectivity index (χ1n) is 6.03. The molecule has 2 unspecified atom stereocenters. The molecule has 0 fully saturated rings. The summed E-state index contributed by atoms with van der Waals surface area (Å²) in [5.74, 6) is 0.856. The fraction of sp³-hybridized carbons (Fsp3) is 0.692. The summed E-state index contributed by atoms with van der Waals surface area (Å²) >= 11 is 0. The summed E-state index contributed by atoms with van der Waals surface area (Å²) in [6, 6.07) is -0.969. The van der Waals surface area contributed by atoms with Crippen molar-refractivity contribution in [3.8, 4) is 12.3 Å². The van der Waals surface area contributed by atoms with Crippen LogP contribution in [-0.2, 0) is 9.59 Å². The highest BCUT2D eigenvalue weighted by Gasteiger charge is 2.23. The molecule has 4 heteroatoms. The van der Waals surface area contributed by atoms with E-state index in [4.69, 9.17) is 11.5 Å². The van der Waals surface area contributed by atoms with Crippen molar-refractivity contribution >= 4 is 11.9 Å². The second-order valence-electron chi connectivity index (χ2n) is 4.06. The minimum Gasteiger partial charge on any atom is -0.480 e. The molecule has 1 amide bonds. The van der Waals surface area contributed by atoms with Gasteiger partial charge < -0.3 is 10.4 Å². The highest BCUT2D eigenvalue weighted by molar-refractivity contribution is 5.85. The van der Waals surface area contributed by atoms with Gasteiger partial charge in [-0.05, 0) is 12.8 Å². The number of terminal acetylenes is 1. The van der Waals surface area contributed by atoms with Crippen LogP contribution in [0.1, 0.15) is 46.0 Å². The average Bonchev–Trinajstić information content (AvgIpc) is 2.29. The van der Waals surface area contributed by atoms with Crippen LogP contribution in [-0.4, -0.2) is 23.0 Å². The zero-order chi connectivity index (χ0) is 13.3. The first kappa shape index (κ1) is 15.5. The molecule has 17 heavy (non-hydrogen) atoms. The van der Waals surface area contributed by atoms with Gasteiger partial charge in [0.2, 0.25) is 5.91 Å². The number of rotatable bonds is 8. The maximum Gasteiger partial charge on any atom is 0.327 e. The van der Waals surface area contributed by atoms with Crippen LogP contribution < -0.4 is 5.32 Å². The zero-order valence-corrected chi connectivity index (χ0v) is 10.5. The molecule has 0 aliphatic rings. The van der Waals surface area contributed by atoms with E-state index in [1.54, 1.807) is 0 Å². The van der Waals surface area contributed by atoms with Gasteiger partial charge in [0.15, 0.2) is 0 Å². The van der Waals surface area contributed by atoms with Gasteiger partial charge in [-0.25, -0.2) is 4.79 Å². The highest BCUT2D eigenvalue weighted by atomic mass is 16.4. The minimum absolute atomic E-state index is 0.0191. The van der Waals surface area contributed by atoms with Gasteiger partial charge in [0.05, 0.1) is 0 Å².